The molecule has 0 amide bonds. The van der Waals surface area contributed by atoms with Crippen molar-refractivity contribution in [1.82, 2.24) is 0 Å². The van der Waals surface area contributed by atoms with E-state index in [2.05, 4.69) is 0 Å². The molecule has 0 heterocycles. The van der Waals surface area contributed by atoms with E-state index in [-0.39, 0.29) is 6.79 Å². The van der Waals surface area contributed by atoms with Gasteiger partial charge in [-0.3, -0.25) is 0 Å². The smallest absolute Gasteiger partial charge is 0.188 e. The van der Waals surface area contributed by atoms with Crippen LogP contribution in [0, 0.1) is 0 Å². The van der Waals surface area contributed by atoms with Gasteiger partial charge in [0.2, 0.25) is 0 Å². The molecule has 0 bridgehead atoms. The van der Waals surface area contributed by atoms with E-state index in [0.29, 0.717) is 5.02 Å². The summed E-state index contributed by atoms with van der Waals surface area (Å²) >= 11 is 7.58. The Morgan fingerprint density at radius 1 is 1.46 bits per heavy atom. The minimum Gasteiger partial charge on any atom is -0.468 e. The number of ether oxygens (including phenoxy) is 2. The van der Waals surface area contributed by atoms with Crippen molar-refractivity contribution in [3.63, 3.8) is 0 Å². The van der Waals surface area contributed by atoms with E-state index in [1.165, 1.54) is 0 Å². The van der Waals surface area contributed by atoms with Gasteiger partial charge in [-0.05, 0) is 18.4 Å². The van der Waals surface area contributed by atoms with Crippen LogP contribution in [-0.2, 0) is 4.74 Å². The normalized spacial score (nSPS) is 10.1. The number of hydrogen-bond acceptors (Lipinski definition) is 3. The average molecular weight is 219 g/mol. The van der Waals surface area contributed by atoms with E-state index in [9.17, 15) is 0 Å². The van der Waals surface area contributed by atoms with Gasteiger partial charge in [-0.2, -0.15) is 0 Å². The number of benzene rings is 1. The molecule has 0 radical (unpaired) electrons. The molecular weight excluding hydrogens is 208 g/mol. The fourth-order valence-electron chi connectivity index (χ4n) is 0.864. The highest BCUT2D eigenvalue weighted by Crippen LogP contribution is 2.28. The van der Waals surface area contributed by atoms with Crippen LogP contribution in [0.2, 0.25) is 5.02 Å². The molecule has 0 fully saturated rings. The molecular formula is C9H11ClO2S. The van der Waals surface area contributed by atoms with Gasteiger partial charge in [0.25, 0.3) is 0 Å². The molecule has 0 spiro atoms. The van der Waals surface area contributed by atoms with Crippen molar-refractivity contribution in [3.05, 3.63) is 23.2 Å². The molecule has 2 nitrogen and oxygen atoms in total. The Morgan fingerprint density at radius 3 is 2.77 bits per heavy atom. The summed E-state index contributed by atoms with van der Waals surface area (Å²) < 4.78 is 9.99. The zero-order chi connectivity index (χ0) is 9.68. The molecule has 0 aliphatic rings. The first kappa shape index (κ1) is 10.7. The van der Waals surface area contributed by atoms with Gasteiger partial charge in [-0.25, -0.2) is 0 Å². The first-order valence-corrected chi connectivity index (χ1v) is 5.33. The number of rotatable bonds is 4. The maximum Gasteiger partial charge on any atom is 0.188 e. The van der Waals surface area contributed by atoms with Crippen LogP contribution in [-0.4, -0.2) is 20.2 Å². The Bertz CT molecular complexity index is 278. The third-order valence-electron chi connectivity index (χ3n) is 1.47. The second-order valence-electron chi connectivity index (χ2n) is 2.35. The minimum absolute atomic E-state index is 0.245. The molecule has 0 aliphatic carbocycles. The van der Waals surface area contributed by atoms with Crippen molar-refractivity contribution >= 4 is 23.4 Å². The molecule has 0 atom stereocenters. The Labute approximate surface area is 87.2 Å². The number of thioether (sulfide) groups is 1. The van der Waals surface area contributed by atoms with Crippen LogP contribution < -0.4 is 4.74 Å². The molecule has 1 aromatic rings. The lowest BCUT2D eigenvalue weighted by atomic mass is 10.3. The van der Waals surface area contributed by atoms with Gasteiger partial charge in [0.15, 0.2) is 6.79 Å². The van der Waals surface area contributed by atoms with Crippen LogP contribution in [0.1, 0.15) is 0 Å². The van der Waals surface area contributed by atoms with Gasteiger partial charge >= 0.3 is 0 Å². The highest BCUT2D eigenvalue weighted by atomic mass is 35.5. The maximum atomic E-state index is 5.97. The molecule has 0 saturated carbocycles. The highest BCUT2D eigenvalue weighted by molar-refractivity contribution is 7.98. The molecule has 4 heteroatoms. The molecule has 1 rings (SSSR count). The summed E-state index contributed by atoms with van der Waals surface area (Å²) in [5.74, 6) is 0.727. The molecule has 0 unspecified atom stereocenters. The van der Waals surface area contributed by atoms with Crippen molar-refractivity contribution < 1.29 is 9.47 Å². The fourth-order valence-corrected chi connectivity index (χ4v) is 1.72. The quantitative estimate of drug-likeness (QED) is 0.572. The minimum atomic E-state index is 0.245. The van der Waals surface area contributed by atoms with Crippen LogP contribution in [0.3, 0.4) is 0 Å². The standard InChI is InChI=1S/C9H11ClO2S/c1-11-6-12-7-3-4-9(13-2)8(10)5-7/h3-5H,6H2,1-2H3. The summed E-state index contributed by atoms with van der Waals surface area (Å²) in [6, 6.07) is 5.58. The van der Waals surface area contributed by atoms with E-state index >= 15 is 0 Å². The Hall–Kier alpha value is -0.380. The lowest BCUT2D eigenvalue weighted by Crippen LogP contribution is -1.98. The summed E-state index contributed by atoms with van der Waals surface area (Å²) in [7, 11) is 1.58. The van der Waals surface area contributed by atoms with E-state index in [1.807, 2.05) is 18.4 Å². The molecule has 13 heavy (non-hydrogen) atoms. The van der Waals surface area contributed by atoms with Crippen LogP contribution in [0.15, 0.2) is 23.1 Å². The second kappa shape index (κ2) is 5.37. The third-order valence-corrected chi connectivity index (χ3v) is 2.69. The van der Waals surface area contributed by atoms with Gasteiger partial charge in [-0.15, -0.1) is 11.8 Å². The summed E-state index contributed by atoms with van der Waals surface area (Å²) in [4.78, 5) is 1.05. The predicted molar refractivity (Wildman–Crippen MR) is 55.7 cm³/mol. The van der Waals surface area contributed by atoms with Gasteiger partial charge < -0.3 is 9.47 Å². The summed E-state index contributed by atoms with van der Waals surface area (Å²) in [5, 5.41) is 0.709. The van der Waals surface area contributed by atoms with Crippen LogP contribution >= 0.6 is 23.4 Å². The van der Waals surface area contributed by atoms with E-state index in [0.717, 1.165) is 10.6 Å². The number of halogens is 1. The van der Waals surface area contributed by atoms with Gasteiger partial charge in [0.1, 0.15) is 5.75 Å². The van der Waals surface area contributed by atoms with Crippen molar-refractivity contribution in [1.29, 1.82) is 0 Å². The van der Waals surface area contributed by atoms with Crippen molar-refractivity contribution in [3.8, 4) is 5.75 Å². The van der Waals surface area contributed by atoms with Crippen LogP contribution in [0.4, 0.5) is 0 Å². The number of hydrogen-bond donors (Lipinski definition) is 0. The number of methoxy groups -OCH3 is 1. The molecule has 1 aromatic carbocycles. The fraction of sp³-hybridized carbons (Fsp3) is 0.333. The summed E-state index contributed by atoms with van der Waals surface area (Å²) in [5.41, 5.74) is 0. The molecule has 72 valence electrons. The summed E-state index contributed by atoms with van der Waals surface area (Å²) in [6.45, 7) is 0.245. The topological polar surface area (TPSA) is 18.5 Å². The third kappa shape index (κ3) is 3.10. The molecule has 0 saturated heterocycles. The van der Waals surface area contributed by atoms with Crippen molar-refractivity contribution in [2.24, 2.45) is 0 Å². The monoisotopic (exact) mass is 218 g/mol. The molecule has 0 aromatic heterocycles. The summed E-state index contributed by atoms with van der Waals surface area (Å²) in [6.07, 6.45) is 1.98. The van der Waals surface area contributed by atoms with Crippen LogP contribution in [0.5, 0.6) is 5.75 Å². The van der Waals surface area contributed by atoms with Gasteiger partial charge in [0.05, 0.1) is 5.02 Å². The maximum absolute atomic E-state index is 5.97. The van der Waals surface area contributed by atoms with Crippen LogP contribution in [0.25, 0.3) is 0 Å². The molecule has 0 N–H and O–H groups in total. The van der Waals surface area contributed by atoms with Gasteiger partial charge in [-0.1, -0.05) is 11.6 Å². The Balaban J connectivity index is 2.71. The van der Waals surface area contributed by atoms with E-state index in [1.54, 1.807) is 24.9 Å². The second-order valence-corrected chi connectivity index (χ2v) is 3.60. The Morgan fingerprint density at radius 2 is 2.23 bits per heavy atom. The average Bonchev–Trinajstić information content (AvgIpc) is 2.15. The lowest BCUT2D eigenvalue weighted by Gasteiger charge is -2.06. The van der Waals surface area contributed by atoms with Crippen molar-refractivity contribution in [2.45, 2.75) is 4.90 Å². The van der Waals surface area contributed by atoms with Crippen molar-refractivity contribution in [2.75, 3.05) is 20.2 Å². The zero-order valence-corrected chi connectivity index (χ0v) is 9.11. The first-order chi connectivity index (χ1) is 6.27. The lowest BCUT2D eigenvalue weighted by molar-refractivity contribution is 0.0511. The Kier molecular flexibility index (Phi) is 4.42. The highest BCUT2D eigenvalue weighted by Gasteiger charge is 2.00. The van der Waals surface area contributed by atoms with Gasteiger partial charge in [0, 0.05) is 18.1 Å². The molecule has 0 aliphatic heterocycles. The largest absolute Gasteiger partial charge is 0.468 e. The predicted octanol–water partition coefficient (Wildman–Crippen LogP) is 3.04. The SMILES string of the molecule is COCOc1ccc(SC)c(Cl)c1. The van der Waals surface area contributed by atoms with E-state index < -0.39 is 0 Å². The van der Waals surface area contributed by atoms with E-state index in [4.69, 9.17) is 21.1 Å². The zero-order valence-electron chi connectivity index (χ0n) is 7.54. The first-order valence-electron chi connectivity index (χ1n) is 3.73.